The number of alkyl carbamates (subject to hydrolysis) is 1. The number of aromatic nitrogens is 1. The lowest BCUT2D eigenvalue weighted by molar-refractivity contribution is 0.0374. The number of halogens is 1. The number of amides is 2. The molecule has 1 aromatic heterocycles. The molecule has 0 spiro atoms. The molecule has 51 heavy (non-hydrogen) atoms. The van der Waals surface area contributed by atoms with E-state index < -0.39 is 28.8 Å². The van der Waals surface area contributed by atoms with Crippen LogP contribution in [0.4, 0.5) is 20.6 Å². The summed E-state index contributed by atoms with van der Waals surface area (Å²) in [5, 5.41) is 10.8. The Morgan fingerprint density at radius 1 is 1.08 bits per heavy atom. The number of hydrogen-bond donors (Lipinski definition) is 3. The van der Waals surface area contributed by atoms with Gasteiger partial charge in [0.15, 0.2) is 17.3 Å². The highest BCUT2D eigenvalue weighted by molar-refractivity contribution is 6.07. The fourth-order valence-electron chi connectivity index (χ4n) is 7.15. The van der Waals surface area contributed by atoms with Gasteiger partial charge in [-0.05, 0) is 70.0 Å². The number of ether oxygens (including phenoxy) is 3. The van der Waals surface area contributed by atoms with E-state index in [0.717, 1.165) is 30.4 Å². The van der Waals surface area contributed by atoms with Gasteiger partial charge in [-0.25, -0.2) is 9.18 Å². The number of carbonyl (C=O) groups excluding carboxylic acids is 2. The smallest absolute Gasteiger partial charge is 0.407 e. The number of pyridine rings is 1. The number of nitrogens with zero attached hydrogens (tertiary/aromatic N) is 3. The number of hydrogen-bond acceptors (Lipinski definition) is 9. The number of fused-ring (bicyclic) bond motifs is 3. The SMILES string of the molecule is CCNc1c(F)c(N2CCC(NC(=O)OC(C)(C)C)C2)c2c3c1c(=O)c(C(=O)NCCCN1CCOCC1)cn3-c1cc3ccccc3cc1O2. The standard InChI is InChI=1S/C38H45FN6O6/c1-5-40-31-29-32-35(33(30(31)39)44-14-11-25(21-44)42-37(48)51-38(2,3)4)50-28-20-24-10-7-6-9-23(24)19-27(28)45(32)22-26(34(29)46)36(47)41-12-8-13-43-15-17-49-18-16-43/h6-7,9-10,19-20,22,25,40H,5,8,11-18,21H2,1-4H3,(H,41,47)(H,42,48). The maximum Gasteiger partial charge on any atom is 0.407 e. The van der Waals surface area contributed by atoms with Crippen LogP contribution in [0.1, 0.15) is 50.9 Å². The first-order valence-electron chi connectivity index (χ1n) is 17.7. The lowest BCUT2D eigenvalue weighted by atomic mass is 10.0. The summed E-state index contributed by atoms with van der Waals surface area (Å²) in [5.74, 6) is -0.541. The second kappa shape index (κ2) is 14.0. The van der Waals surface area contributed by atoms with Gasteiger partial charge in [-0.1, -0.05) is 24.3 Å². The average molecular weight is 701 g/mol. The predicted octanol–water partition coefficient (Wildman–Crippen LogP) is 5.38. The van der Waals surface area contributed by atoms with E-state index in [4.69, 9.17) is 14.2 Å². The molecule has 2 amide bonds. The number of carbonyl (C=O) groups is 2. The third-order valence-corrected chi connectivity index (χ3v) is 9.48. The van der Waals surface area contributed by atoms with E-state index in [1.807, 2.05) is 48.2 Å². The van der Waals surface area contributed by atoms with E-state index in [2.05, 4.69) is 20.9 Å². The van der Waals surface area contributed by atoms with Crippen molar-refractivity contribution >= 4 is 45.1 Å². The van der Waals surface area contributed by atoms with Crippen molar-refractivity contribution < 1.29 is 28.2 Å². The van der Waals surface area contributed by atoms with Crippen molar-refractivity contribution in [2.45, 2.75) is 52.2 Å². The monoisotopic (exact) mass is 700 g/mol. The molecule has 1 unspecified atom stereocenters. The van der Waals surface area contributed by atoms with Crippen molar-refractivity contribution in [2.75, 3.05) is 69.2 Å². The Hall–Kier alpha value is -4.88. The van der Waals surface area contributed by atoms with E-state index in [1.54, 1.807) is 31.5 Å². The normalized spacial score (nSPS) is 17.3. The quantitative estimate of drug-likeness (QED) is 0.174. The molecule has 0 bridgehead atoms. The average Bonchev–Trinajstić information content (AvgIpc) is 3.55. The Bertz CT molecular complexity index is 2050. The molecule has 0 radical (unpaired) electrons. The second-order valence-corrected chi connectivity index (χ2v) is 14.3. The van der Waals surface area contributed by atoms with Crippen molar-refractivity contribution in [3.8, 4) is 17.2 Å². The van der Waals surface area contributed by atoms with E-state index in [0.29, 0.717) is 69.2 Å². The summed E-state index contributed by atoms with van der Waals surface area (Å²) < 4.78 is 36.3. The zero-order valence-electron chi connectivity index (χ0n) is 29.6. The first-order chi connectivity index (χ1) is 24.5. The topological polar surface area (TPSA) is 126 Å². The summed E-state index contributed by atoms with van der Waals surface area (Å²) in [6.07, 6.45) is 2.27. The summed E-state index contributed by atoms with van der Waals surface area (Å²) in [6, 6.07) is 11.4. The third kappa shape index (κ3) is 6.92. The van der Waals surface area contributed by atoms with Crippen LogP contribution < -0.4 is 31.0 Å². The van der Waals surface area contributed by atoms with Crippen molar-refractivity contribution in [2.24, 2.45) is 0 Å². The van der Waals surface area contributed by atoms with E-state index in [-0.39, 0.29) is 34.1 Å². The predicted molar refractivity (Wildman–Crippen MR) is 195 cm³/mol. The third-order valence-electron chi connectivity index (χ3n) is 9.48. The molecule has 270 valence electrons. The second-order valence-electron chi connectivity index (χ2n) is 14.3. The zero-order chi connectivity index (χ0) is 35.9. The first-order valence-corrected chi connectivity index (χ1v) is 17.7. The molecular weight excluding hydrogens is 655 g/mol. The minimum absolute atomic E-state index is 0.00311. The summed E-state index contributed by atoms with van der Waals surface area (Å²) in [5.41, 5.74) is -0.169. The molecule has 2 saturated heterocycles. The molecule has 4 aromatic rings. The molecule has 3 N–H and O–H groups in total. The van der Waals surface area contributed by atoms with Crippen molar-refractivity contribution in [1.29, 1.82) is 0 Å². The van der Waals surface area contributed by atoms with Gasteiger partial charge in [-0.3, -0.25) is 14.5 Å². The fraction of sp³-hybridized carbons (Fsp3) is 0.447. The Labute approximate surface area is 295 Å². The Kier molecular flexibility index (Phi) is 9.51. The maximum atomic E-state index is 17.1. The zero-order valence-corrected chi connectivity index (χ0v) is 29.6. The Morgan fingerprint density at radius 3 is 2.55 bits per heavy atom. The minimum Gasteiger partial charge on any atom is -0.451 e. The lowest BCUT2D eigenvalue weighted by Gasteiger charge is -2.31. The first kappa shape index (κ1) is 34.6. The molecule has 0 aliphatic carbocycles. The maximum absolute atomic E-state index is 17.1. The van der Waals surface area contributed by atoms with Gasteiger partial charge in [-0.2, -0.15) is 0 Å². The van der Waals surface area contributed by atoms with Crippen molar-refractivity contribution in [1.82, 2.24) is 20.1 Å². The summed E-state index contributed by atoms with van der Waals surface area (Å²) >= 11 is 0. The summed E-state index contributed by atoms with van der Waals surface area (Å²) in [4.78, 5) is 44.8. The molecule has 3 aliphatic rings. The number of morpholine rings is 1. The molecule has 1 atom stereocenters. The highest BCUT2D eigenvalue weighted by atomic mass is 19.1. The number of nitrogens with one attached hydrogen (secondary N) is 3. The van der Waals surface area contributed by atoms with Crippen LogP contribution in [-0.2, 0) is 9.47 Å². The summed E-state index contributed by atoms with van der Waals surface area (Å²) in [6.45, 7) is 12.5. The molecule has 3 aliphatic heterocycles. The molecule has 13 heteroatoms. The van der Waals surface area contributed by atoms with Crippen LogP contribution in [0.3, 0.4) is 0 Å². The van der Waals surface area contributed by atoms with Gasteiger partial charge in [-0.15, -0.1) is 0 Å². The molecule has 12 nitrogen and oxygen atoms in total. The highest BCUT2D eigenvalue weighted by Crippen LogP contribution is 2.50. The molecule has 7 rings (SSSR count). The van der Waals surface area contributed by atoms with E-state index in [1.165, 1.54) is 0 Å². The molecular formula is C38H45FN6O6. The fourth-order valence-corrected chi connectivity index (χ4v) is 7.15. The van der Waals surface area contributed by atoms with E-state index >= 15 is 4.39 Å². The van der Waals surface area contributed by atoms with Crippen molar-refractivity contribution in [3.63, 3.8) is 0 Å². The number of rotatable bonds is 9. The van der Waals surface area contributed by atoms with Crippen LogP contribution >= 0.6 is 0 Å². The number of anilines is 2. The van der Waals surface area contributed by atoms with Crippen LogP contribution in [0.2, 0.25) is 0 Å². The summed E-state index contributed by atoms with van der Waals surface area (Å²) in [7, 11) is 0. The number of benzene rings is 3. The van der Waals surface area contributed by atoms with Gasteiger partial charge < -0.3 is 39.6 Å². The molecule has 4 heterocycles. The van der Waals surface area contributed by atoms with Crippen molar-refractivity contribution in [3.05, 3.63) is 64.2 Å². The lowest BCUT2D eigenvalue weighted by Crippen LogP contribution is -2.40. The molecule has 0 saturated carbocycles. The van der Waals surface area contributed by atoms with Crippen LogP contribution in [-0.4, -0.2) is 92.1 Å². The van der Waals surface area contributed by atoms with Gasteiger partial charge in [0, 0.05) is 45.5 Å². The molecule has 3 aromatic carbocycles. The van der Waals surface area contributed by atoms with Crippen LogP contribution in [0.15, 0.2) is 47.4 Å². The largest absolute Gasteiger partial charge is 0.451 e. The van der Waals surface area contributed by atoms with Gasteiger partial charge in [0.05, 0.1) is 36.0 Å². The van der Waals surface area contributed by atoms with Crippen LogP contribution in [0.25, 0.3) is 27.4 Å². The van der Waals surface area contributed by atoms with Gasteiger partial charge in [0.1, 0.15) is 22.4 Å². The highest BCUT2D eigenvalue weighted by Gasteiger charge is 2.36. The van der Waals surface area contributed by atoms with Gasteiger partial charge in [0.25, 0.3) is 5.91 Å². The minimum atomic E-state index is -0.661. The Balaban J connectivity index is 1.31. The van der Waals surface area contributed by atoms with Gasteiger partial charge in [0.2, 0.25) is 5.43 Å². The van der Waals surface area contributed by atoms with Crippen LogP contribution in [0, 0.1) is 5.82 Å². The Morgan fingerprint density at radius 2 is 1.82 bits per heavy atom. The molecule has 2 fully saturated rings. The van der Waals surface area contributed by atoms with Crippen LogP contribution in [0.5, 0.6) is 11.5 Å². The van der Waals surface area contributed by atoms with Gasteiger partial charge >= 0.3 is 6.09 Å². The van der Waals surface area contributed by atoms with E-state index in [9.17, 15) is 14.4 Å².